The van der Waals surface area contributed by atoms with Gasteiger partial charge in [-0.3, -0.25) is 4.79 Å². The number of benzene rings is 2. The first-order valence-electron chi connectivity index (χ1n) is 10.4. The van der Waals surface area contributed by atoms with Crippen LogP contribution in [0.25, 0.3) is 11.1 Å². The van der Waals surface area contributed by atoms with Gasteiger partial charge in [0.25, 0.3) is 5.91 Å². The third-order valence-corrected chi connectivity index (χ3v) is 6.44. The summed E-state index contributed by atoms with van der Waals surface area (Å²) < 4.78 is 5.33. The quantitative estimate of drug-likeness (QED) is 0.514. The van der Waals surface area contributed by atoms with Crippen LogP contribution in [-0.2, 0) is 17.6 Å². The molecule has 0 unspecified atom stereocenters. The molecule has 1 aromatic heterocycles. The first-order chi connectivity index (χ1) is 14.6. The number of hydrogen-bond acceptors (Lipinski definition) is 4. The van der Waals surface area contributed by atoms with Crippen molar-refractivity contribution in [3.05, 3.63) is 75.7 Å². The lowest BCUT2D eigenvalue weighted by Gasteiger charge is -2.17. The maximum atomic E-state index is 12.8. The summed E-state index contributed by atoms with van der Waals surface area (Å²) in [4.78, 5) is 25.7. The van der Waals surface area contributed by atoms with Crippen LogP contribution in [0.1, 0.15) is 57.2 Å². The van der Waals surface area contributed by atoms with Gasteiger partial charge >= 0.3 is 5.97 Å². The Kier molecular flexibility index (Phi) is 6.00. The predicted octanol–water partition coefficient (Wildman–Crippen LogP) is 6.03. The molecule has 3 aromatic rings. The maximum absolute atomic E-state index is 12.8. The van der Waals surface area contributed by atoms with E-state index in [0.29, 0.717) is 16.1 Å². The molecular weight excluding hydrogens is 394 g/mol. The van der Waals surface area contributed by atoms with E-state index in [1.807, 2.05) is 30.5 Å². The lowest BCUT2D eigenvalue weighted by Crippen LogP contribution is -2.15. The lowest BCUT2D eigenvalue weighted by atomic mass is 9.89. The number of thiophene rings is 1. The van der Waals surface area contributed by atoms with Crippen molar-refractivity contribution in [1.29, 1.82) is 0 Å². The highest BCUT2D eigenvalue weighted by molar-refractivity contribution is 7.15. The van der Waals surface area contributed by atoms with Gasteiger partial charge in [-0.05, 0) is 67.9 Å². The second kappa shape index (κ2) is 8.84. The van der Waals surface area contributed by atoms with Gasteiger partial charge in [0.1, 0.15) is 10.6 Å². The molecule has 0 bridgehead atoms. The summed E-state index contributed by atoms with van der Waals surface area (Å²) in [5.74, 6) is -0.635. The standard InChI is InChI=1S/C25H25NO3S/c1-3-29-25(28)22-21(19-13-12-17-9-5-6-10-18(17)14-19)15-30-24(22)26-23(27)20-11-7-4-8-16(20)2/h4,7-8,11-15H,3,5-6,9-10H2,1-2H3,(H,26,27). The summed E-state index contributed by atoms with van der Waals surface area (Å²) >= 11 is 1.36. The van der Waals surface area contributed by atoms with Gasteiger partial charge in [0.05, 0.1) is 6.61 Å². The lowest BCUT2D eigenvalue weighted by molar-refractivity contribution is 0.0529. The Morgan fingerprint density at radius 1 is 1.07 bits per heavy atom. The normalized spacial score (nSPS) is 12.9. The molecule has 0 fully saturated rings. The number of amides is 1. The molecule has 154 valence electrons. The van der Waals surface area contributed by atoms with Gasteiger partial charge in [-0.25, -0.2) is 4.79 Å². The number of rotatable bonds is 5. The number of carbonyl (C=O) groups excluding carboxylic acids is 2. The van der Waals surface area contributed by atoms with Crippen molar-refractivity contribution in [2.45, 2.75) is 39.5 Å². The number of ether oxygens (including phenoxy) is 1. The van der Waals surface area contributed by atoms with Crippen LogP contribution in [0.3, 0.4) is 0 Å². The SMILES string of the molecule is CCOC(=O)c1c(-c2ccc3c(c2)CCCC3)csc1NC(=O)c1ccccc1C. The van der Waals surface area contributed by atoms with E-state index in [2.05, 4.69) is 23.5 Å². The first kappa shape index (κ1) is 20.4. The third-order valence-electron chi connectivity index (χ3n) is 5.55. The molecule has 30 heavy (non-hydrogen) atoms. The number of fused-ring (bicyclic) bond motifs is 1. The minimum atomic E-state index is -0.411. The second-order valence-electron chi connectivity index (χ2n) is 7.53. The Labute approximate surface area is 180 Å². The molecule has 1 N–H and O–H groups in total. The molecule has 1 aliphatic rings. The Morgan fingerprint density at radius 3 is 2.60 bits per heavy atom. The fraction of sp³-hybridized carbons (Fsp3) is 0.280. The molecule has 0 radical (unpaired) electrons. The number of carbonyl (C=O) groups is 2. The van der Waals surface area contributed by atoms with E-state index in [1.54, 1.807) is 13.0 Å². The molecule has 1 amide bonds. The second-order valence-corrected chi connectivity index (χ2v) is 8.41. The van der Waals surface area contributed by atoms with Gasteiger partial charge in [-0.2, -0.15) is 0 Å². The van der Waals surface area contributed by atoms with Gasteiger partial charge < -0.3 is 10.1 Å². The van der Waals surface area contributed by atoms with Crippen molar-refractivity contribution in [3.63, 3.8) is 0 Å². The van der Waals surface area contributed by atoms with Crippen LogP contribution in [0.2, 0.25) is 0 Å². The maximum Gasteiger partial charge on any atom is 0.341 e. The molecule has 1 aliphatic carbocycles. The minimum Gasteiger partial charge on any atom is -0.462 e. The zero-order valence-corrected chi connectivity index (χ0v) is 18.1. The van der Waals surface area contributed by atoms with Gasteiger partial charge in [-0.15, -0.1) is 11.3 Å². The van der Waals surface area contributed by atoms with E-state index in [0.717, 1.165) is 29.5 Å². The Bertz CT molecular complexity index is 1100. The van der Waals surface area contributed by atoms with Crippen molar-refractivity contribution in [1.82, 2.24) is 0 Å². The fourth-order valence-electron chi connectivity index (χ4n) is 3.97. The highest BCUT2D eigenvalue weighted by Crippen LogP contribution is 2.38. The number of aryl methyl sites for hydroxylation is 3. The number of anilines is 1. The average molecular weight is 420 g/mol. The first-order valence-corrected chi connectivity index (χ1v) is 11.2. The van der Waals surface area contributed by atoms with Crippen molar-refractivity contribution >= 4 is 28.2 Å². The monoisotopic (exact) mass is 419 g/mol. The molecule has 4 nitrogen and oxygen atoms in total. The molecule has 4 rings (SSSR count). The summed E-state index contributed by atoms with van der Waals surface area (Å²) in [6, 6.07) is 13.8. The molecule has 0 spiro atoms. The molecule has 0 atom stereocenters. The van der Waals surface area contributed by atoms with Crippen LogP contribution in [0.5, 0.6) is 0 Å². The van der Waals surface area contributed by atoms with Crippen molar-refractivity contribution in [3.8, 4) is 11.1 Å². The average Bonchev–Trinajstić information content (AvgIpc) is 3.17. The highest BCUT2D eigenvalue weighted by atomic mass is 32.1. The molecule has 2 aromatic carbocycles. The van der Waals surface area contributed by atoms with Crippen molar-refractivity contribution < 1.29 is 14.3 Å². The molecule has 1 heterocycles. The van der Waals surface area contributed by atoms with E-state index in [4.69, 9.17) is 4.74 Å². The van der Waals surface area contributed by atoms with Crippen LogP contribution in [0.15, 0.2) is 47.8 Å². The van der Waals surface area contributed by atoms with Gasteiger partial charge in [0, 0.05) is 16.5 Å². The molecule has 0 saturated carbocycles. The summed E-state index contributed by atoms with van der Waals surface area (Å²) in [6.45, 7) is 3.96. The highest BCUT2D eigenvalue weighted by Gasteiger charge is 2.24. The van der Waals surface area contributed by atoms with Crippen molar-refractivity contribution in [2.24, 2.45) is 0 Å². The Balaban J connectivity index is 1.72. The van der Waals surface area contributed by atoms with E-state index in [1.165, 1.54) is 35.3 Å². The van der Waals surface area contributed by atoms with Crippen LogP contribution < -0.4 is 5.32 Å². The number of nitrogens with one attached hydrogen (secondary N) is 1. The van der Waals surface area contributed by atoms with E-state index in [9.17, 15) is 9.59 Å². The molecular formula is C25H25NO3S. The Hall–Kier alpha value is -2.92. The van der Waals surface area contributed by atoms with E-state index >= 15 is 0 Å². The smallest absolute Gasteiger partial charge is 0.341 e. The Morgan fingerprint density at radius 2 is 1.83 bits per heavy atom. The molecule has 5 heteroatoms. The molecule has 0 saturated heterocycles. The van der Waals surface area contributed by atoms with Gasteiger partial charge in [-0.1, -0.05) is 36.4 Å². The summed E-state index contributed by atoms with van der Waals surface area (Å²) in [7, 11) is 0. The minimum absolute atomic E-state index is 0.225. The van der Waals surface area contributed by atoms with E-state index in [-0.39, 0.29) is 12.5 Å². The zero-order valence-electron chi connectivity index (χ0n) is 17.3. The van der Waals surface area contributed by atoms with Crippen LogP contribution in [-0.4, -0.2) is 18.5 Å². The number of hydrogen-bond donors (Lipinski definition) is 1. The van der Waals surface area contributed by atoms with Gasteiger partial charge in [0.2, 0.25) is 0 Å². The fourth-order valence-corrected chi connectivity index (χ4v) is 4.92. The topological polar surface area (TPSA) is 55.4 Å². The molecule has 0 aliphatic heterocycles. The largest absolute Gasteiger partial charge is 0.462 e. The van der Waals surface area contributed by atoms with Gasteiger partial charge in [0.15, 0.2) is 0 Å². The summed E-state index contributed by atoms with van der Waals surface area (Å²) in [5, 5.41) is 5.40. The number of esters is 1. The third kappa shape index (κ3) is 4.03. The summed E-state index contributed by atoms with van der Waals surface area (Å²) in [5.41, 5.74) is 6.46. The van der Waals surface area contributed by atoms with Crippen molar-refractivity contribution in [2.75, 3.05) is 11.9 Å². The van der Waals surface area contributed by atoms with Crippen LogP contribution >= 0.6 is 11.3 Å². The van der Waals surface area contributed by atoms with Crippen LogP contribution in [0.4, 0.5) is 5.00 Å². The van der Waals surface area contributed by atoms with Crippen LogP contribution in [0, 0.1) is 6.92 Å². The zero-order chi connectivity index (χ0) is 21.1. The van der Waals surface area contributed by atoms with E-state index < -0.39 is 5.97 Å². The summed E-state index contributed by atoms with van der Waals surface area (Å²) in [6.07, 6.45) is 4.61. The predicted molar refractivity (Wildman–Crippen MR) is 121 cm³/mol.